The molecule has 4 rings (SSSR count). The van der Waals surface area contributed by atoms with Crippen molar-refractivity contribution in [2.45, 2.75) is 76.8 Å². The Hall–Kier alpha value is -2.83. The first-order valence-electron chi connectivity index (χ1n) is 11.6. The average Bonchev–Trinajstić information content (AvgIpc) is 3.38. The number of hydrogen-bond donors (Lipinski definition) is 1. The molecule has 7 nitrogen and oxygen atoms in total. The molecular weight excluding hydrogens is 406 g/mol. The third-order valence-corrected chi connectivity index (χ3v) is 7.21. The van der Waals surface area contributed by atoms with Gasteiger partial charge in [-0.2, -0.15) is 0 Å². The first-order chi connectivity index (χ1) is 15.4. The maximum absolute atomic E-state index is 13.5. The highest BCUT2D eigenvalue weighted by atomic mass is 16.5. The lowest BCUT2D eigenvalue weighted by atomic mass is 9.77. The lowest BCUT2D eigenvalue weighted by Crippen LogP contribution is -2.47. The summed E-state index contributed by atoms with van der Waals surface area (Å²) in [7, 11) is 1.65. The molecule has 1 saturated carbocycles. The molecule has 1 atom stereocenters. The van der Waals surface area contributed by atoms with E-state index in [9.17, 15) is 9.59 Å². The highest BCUT2D eigenvalue weighted by Gasteiger charge is 2.43. The van der Waals surface area contributed by atoms with Crippen molar-refractivity contribution in [1.82, 2.24) is 15.4 Å². The predicted molar refractivity (Wildman–Crippen MR) is 120 cm³/mol. The van der Waals surface area contributed by atoms with E-state index < -0.39 is 5.41 Å². The van der Waals surface area contributed by atoms with Crippen LogP contribution in [0.25, 0.3) is 0 Å². The number of carbonyl (C=O) groups excluding carboxylic acids is 2. The molecule has 7 heteroatoms. The molecule has 1 aromatic carbocycles. The zero-order valence-electron chi connectivity index (χ0n) is 19.3. The van der Waals surface area contributed by atoms with Crippen LogP contribution in [-0.2, 0) is 21.5 Å². The topological polar surface area (TPSA) is 84.7 Å². The molecule has 1 aromatic heterocycles. The van der Waals surface area contributed by atoms with Gasteiger partial charge in [-0.25, -0.2) is 0 Å². The maximum atomic E-state index is 13.5. The quantitative estimate of drug-likeness (QED) is 0.740. The predicted octanol–water partition coefficient (Wildman–Crippen LogP) is 3.81. The van der Waals surface area contributed by atoms with Crippen LogP contribution in [0.3, 0.4) is 0 Å². The van der Waals surface area contributed by atoms with Gasteiger partial charge in [-0.15, -0.1) is 0 Å². The summed E-state index contributed by atoms with van der Waals surface area (Å²) >= 11 is 0. The number of nitrogens with one attached hydrogen (secondary N) is 1. The molecule has 0 spiro atoms. The van der Waals surface area contributed by atoms with Gasteiger partial charge in [0.2, 0.25) is 11.8 Å². The Morgan fingerprint density at radius 1 is 1.22 bits per heavy atom. The van der Waals surface area contributed by atoms with E-state index in [0.29, 0.717) is 25.9 Å². The van der Waals surface area contributed by atoms with Gasteiger partial charge in [0.15, 0.2) is 0 Å². The van der Waals surface area contributed by atoms with Crippen molar-refractivity contribution >= 4 is 11.8 Å². The number of benzene rings is 1. The normalized spacial score (nSPS) is 20.8. The molecule has 1 aliphatic carbocycles. The fourth-order valence-corrected chi connectivity index (χ4v) is 5.13. The summed E-state index contributed by atoms with van der Waals surface area (Å²) in [6.45, 7) is 4.90. The van der Waals surface area contributed by atoms with Crippen molar-refractivity contribution in [3.8, 4) is 5.75 Å². The number of rotatable bonds is 6. The van der Waals surface area contributed by atoms with Gasteiger partial charge in [-0.05, 0) is 57.2 Å². The zero-order valence-corrected chi connectivity index (χ0v) is 19.3. The summed E-state index contributed by atoms with van der Waals surface area (Å²) in [6, 6.07) is 7.90. The number of ether oxygens (including phenoxy) is 1. The standard InChI is InChI=1S/C25H33N3O4/c1-17-22(18(2)32-27-17)16-28-15-12-20(8-11-23(28)29)26-24(30)25(13-4-5-14-25)19-6-9-21(31-3)10-7-19/h6-7,9-10,20H,4-5,8,11-16H2,1-3H3,(H,26,30). The van der Waals surface area contributed by atoms with E-state index in [1.165, 1.54) is 0 Å². The number of hydrogen-bond acceptors (Lipinski definition) is 5. The van der Waals surface area contributed by atoms with Gasteiger partial charge in [0.05, 0.1) is 24.8 Å². The van der Waals surface area contributed by atoms with Crippen LogP contribution in [0.4, 0.5) is 0 Å². The number of aryl methyl sites for hydroxylation is 2. The van der Waals surface area contributed by atoms with Gasteiger partial charge in [0.1, 0.15) is 11.5 Å². The molecule has 1 aliphatic heterocycles. The molecule has 2 heterocycles. The Labute approximate surface area is 189 Å². The highest BCUT2D eigenvalue weighted by Crippen LogP contribution is 2.42. The van der Waals surface area contributed by atoms with E-state index in [1.54, 1.807) is 7.11 Å². The van der Waals surface area contributed by atoms with E-state index in [2.05, 4.69) is 10.5 Å². The van der Waals surface area contributed by atoms with Crippen LogP contribution in [0.5, 0.6) is 5.75 Å². The van der Waals surface area contributed by atoms with Crippen LogP contribution < -0.4 is 10.1 Å². The Morgan fingerprint density at radius 3 is 2.56 bits per heavy atom. The first kappa shape index (κ1) is 22.4. The Kier molecular flexibility index (Phi) is 6.53. The lowest BCUT2D eigenvalue weighted by Gasteiger charge is -2.31. The van der Waals surface area contributed by atoms with Gasteiger partial charge in [-0.3, -0.25) is 9.59 Å². The lowest BCUT2D eigenvalue weighted by molar-refractivity contribution is -0.131. The highest BCUT2D eigenvalue weighted by molar-refractivity contribution is 5.89. The second kappa shape index (κ2) is 9.35. The summed E-state index contributed by atoms with van der Waals surface area (Å²) in [5, 5.41) is 7.31. The smallest absolute Gasteiger partial charge is 0.230 e. The Morgan fingerprint density at radius 2 is 1.94 bits per heavy atom. The molecule has 32 heavy (non-hydrogen) atoms. The van der Waals surface area contributed by atoms with Crippen molar-refractivity contribution in [1.29, 1.82) is 0 Å². The van der Waals surface area contributed by atoms with Gasteiger partial charge in [0.25, 0.3) is 0 Å². The third kappa shape index (κ3) is 4.38. The van der Waals surface area contributed by atoms with E-state index in [-0.39, 0.29) is 17.9 Å². The number of carbonyl (C=O) groups is 2. The Bertz CT molecular complexity index is 941. The SMILES string of the molecule is COc1ccc(C2(C(=O)NC3CCC(=O)N(Cc4c(C)noc4C)CC3)CCCC2)cc1. The maximum Gasteiger partial charge on any atom is 0.230 e. The first-order valence-corrected chi connectivity index (χ1v) is 11.6. The summed E-state index contributed by atoms with van der Waals surface area (Å²) < 4.78 is 10.5. The Balaban J connectivity index is 1.44. The van der Waals surface area contributed by atoms with Crippen LogP contribution in [0, 0.1) is 13.8 Å². The zero-order chi connectivity index (χ0) is 22.7. The van der Waals surface area contributed by atoms with Crippen LogP contribution in [-0.4, -0.2) is 41.6 Å². The molecule has 172 valence electrons. The van der Waals surface area contributed by atoms with Crippen molar-refractivity contribution in [2.24, 2.45) is 0 Å². The number of likely N-dealkylation sites (tertiary alicyclic amines) is 1. The molecule has 0 radical (unpaired) electrons. The number of methoxy groups -OCH3 is 1. The molecule has 1 saturated heterocycles. The van der Waals surface area contributed by atoms with E-state index in [4.69, 9.17) is 9.26 Å². The van der Waals surface area contributed by atoms with Crippen molar-refractivity contribution in [3.05, 3.63) is 46.8 Å². The van der Waals surface area contributed by atoms with Crippen LogP contribution in [0.15, 0.2) is 28.8 Å². The second-order valence-corrected chi connectivity index (χ2v) is 9.13. The van der Waals surface area contributed by atoms with Gasteiger partial charge >= 0.3 is 0 Å². The minimum atomic E-state index is -0.487. The minimum absolute atomic E-state index is 0.00292. The number of nitrogens with zero attached hydrogens (tertiary/aromatic N) is 2. The van der Waals surface area contributed by atoms with Crippen LogP contribution >= 0.6 is 0 Å². The van der Waals surface area contributed by atoms with Crippen LogP contribution in [0.2, 0.25) is 0 Å². The fraction of sp³-hybridized carbons (Fsp3) is 0.560. The van der Waals surface area contributed by atoms with Gasteiger partial charge < -0.3 is 19.5 Å². The summed E-state index contributed by atoms with van der Waals surface area (Å²) in [4.78, 5) is 28.2. The van der Waals surface area contributed by atoms with E-state index >= 15 is 0 Å². The third-order valence-electron chi connectivity index (χ3n) is 7.21. The fourth-order valence-electron chi connectivity index (χ4n) is 5.13. The molecule has 0 bridgehead atoms. The van der Waals surface area contributed by atoms with Crippen molar-refractivity contribution in [3.63, 3.8) is 0 Å². The average molecular weight is 440 g/mol. The number of aromatic nitrogens is 1. The van der Waals surface area contributed by atoms with Gasteiger partial charge in [0, 0.05) is 24.6 Å². The van der Waals surface area contributed by atoms with E-state index in [0.717, 1.165) is 60.4 Å². The molecule has 2 aromatic rings. The molecule has 1 N–H and O–H groups in total. The summed E-state index contributed by atoms with van der Waals surface area (Å²) in [6.07, 6.45) is 5.66. The largest absolute Gasteiger partial charge is 0.497 e. The second-order valence-electron chi connectivity index (χ2n) is 9.13. The van der Waals surface area contributed by atoms with Crippen molar-refractivity contribution in [2.75, 3.05) is 13.7 Å². The molecule has 1 unspecified atom stereocenters. The number of amides is 2. The molecule has 2 aliphatic rings. The summed E-state index contributed by atoms with van der Waals surface area (Å²) in [5.74, 6) is 1.76. The van der Waals surface area contributed by atoms with Gasteiger partial charge in [-0.1, -0.05) is 30.1 Å². The molecule has 2 fully saturated rings. The molecular formula is C25H33N3O4. The van der Waals surface area contributed by atoms with E-state index in [1.807, 2.05) is 43.0 Å². The summed E-state index contributed by atoms with van der Waals surface area (Å²) in [5.41, 5.74) is 2.37. The van der Waals surface area contributed by atoms with Crippen molar-refractivity contribution < 1.29 is 18.8 Å². The molecule has 2 amide bonds. The van der Waals surface area contributed by atoms with Crippen LogP contribution in [0.1, 0.15) is 67.5 Å². The monoisotopic (exact) mass is 439 g/mol. The minimum Gasteiger partial charge on any atom is -0.497 e.